The number of esters is 1. The molecule has 0 radical (unpaired) electrons. The van der Waals surface area contributed by atoms with E-state index in [1.165, 1.54) is 0 Å². The van der Waals surface area contributed by atoms with E-state index in [2.05, 4.69) is 0 Å². The summed E-state index contributed by atoms with van der Waals surface area (Å²) in [5.74, 6) is -1.34. The Morgan fingerprint density at radius 2 is 2.10 bits per heavy atom. The lowest BCUT2D eigenvalue weighted by molar-refractivity contribution is -0.153. The summed E-state index contributed by atoms with van der Waals surface area (Å²) < 4.78 is 5.06. The molecule has 1 heterocycles. The van der Waals surface area contributed by atoms with Gasteiger partial charge in [-0.05, 0) is 31.9 Å². The van der Waals surface area contributed by atoms with Crippen LogP contribution >= 0.6 is 0 Å². The van der Waals surface area contributed by atoms with Crippen LogP contribution in [0.4, 0.5) is 0 Å². The second-order valence-electron chi connectivity index (χ2n) is 5.24. The Hall–Kier alpha value is -1.88. The van der Waals surface area contributed by atoms with Crippen molar-refractivity contribution in [2.24, 2.45) is 5.92 Å². The predicted molar refractivity (Wildman–Crippen MR) is 77.7 cm³/mol. The van der Waals surface area contributed by atoms with Gasteiger partial charge in [0.2, 0.25) is 0 Å². The Balaban J connectivity index is 2.14. The quantitative estimate of drug-likeness (QED) is 0.841. The van der Waals surface area contributed by atoms with E-state index < -0.39 is 12.0 Å². The standard InChI is InChI=1S/C16H21NO4/c1-2-21-16(20)13-9-6-10-17(11-13)14(15(18)19)12-7-4-3-5-8-12/h3-5,7-8,13-14H,2,6,9-11H2,1H3,(H,18,19). The first-order valence-corrected chi connectivity index (χ1v) is 7.32. The number of rotatable bonds is 5. The van der Waals surface area contributed by atoms with Crippen LogP contribution in [0.1, 0.15) is 31.4 Å². The number of carboxylic acid groups (broad SMARTS) is 1. The Morgan fingerprint density at radius 1 is 1.38 bits per heavy atom. The number of likely N-dealkylation sites (tertiary alicyclic amines) is 1. The molecule has 1 fully saturated rings. The normalized spacial score (nSPS) is 20.7. The van der Waals surface area contributed by atoms with Crippen molar-refractivity contribution in [2.75, 3.05) is 19.7 Å². The Morgan fingerprint density at radius 3 is 2.71 bits per heavy atom. The molecule has 1 N–H and O–H groups in total. The van der Waals surface area contributed by atoms with Crippen LogP contribution < -0.4 is 0 Å². The second-order valence-corrected chi connectivity index (χ2v) is 5.24. The molecule has 1 aromatic rings. The van der Waals surface area contributed by atoms with E-state index >= 15 is 0 Å². The molecule has 1 aliphatic rings. The second kappa shape index (κ2) is 7.22. The smallest absolute Gasteiger partial charge is 0.325 e. The maximum atomic E-state index is 11.9. The first-order chi connectivity index (χ1) is 10.1. The van der Waals surface area contributed by atoms with Crippen LogP contribution in [0.5, 0.6) is 0 Å². The van der Waals surface area contributed by atoms with Crippen molar-refractivity contribution in [2.45, 2.75) is 25.8 Å². The molecule has 0 spiro atoms. The van der Waals surface area contributed by atoms with Crippen LogP contribution in [0.15, 0.2) is 30.3 Å². The molecule has 2 rings (SSSR count). The van der Waals surface area contributed by atoms with E-state index in [0.717, 1.165) is 18.4 Å². The highest BCUT2D eigenvalue weighted by Gasteiger charge is 2.34. The van der Waals surface area contributed by atoms with Gasteiger partial charge in [-0.1, -0.05) is 30.3 Å². The van der Waals surface area contributed by atoms with Gasteiger partial charge in [0.25, 0.3) is 0 Å². The van der Waals surface area contributed by atoms with Gasteiger partial charge >= 0.3 is 11.9 Å². The third-order valence-electron chi connectivity index (χ3n) is 3.79. The molecule has 0 bridgehead atoms. The summed E-state index contributed by atoms with van der Waals surface area (Å²) >= 11 is 0. The number of nitrogens with zero attached hydrogens (tertiary/aromatic N) is 1. The Bertz CT molecular complexity index is 488. The molecule has 0 aliphatic carbocycles. The number of carbonyl (C=O) groups is 2. The third kappa shape index (κ3) is 3.82. The summed E-state index contributed by atoms with van der Waals surface area (Å²) in [7, 11) is 0. The van der Waals surface area contributed by atoms with Gasteiger partial charge in [-0.3, -0.25) is 14.5 Å². The summed E-state index contributed by atoms with van der Waals surface area (Å²) in [6, 6.07) is 8.44. The minimum atomic E-state index is -0.884. The molecule has 5 heteroatoms. The van der Waals surface area contributed by atoms with Crippen LogP contribution in [0, 0.1) is 5.92 Å². The molecule has 114 valence electrons. The van der Waals surface area contributed by atoms with Crippen molar-refractivity contribution in [3.8, 4) is 0 Å². The molecule has 5 nitrogen and oxygen atoms in total. The van der Waals surface area contributed by atoms with E-state index in [0.29, 0.717) is 19.7 Å². The molecule has 0 amide bonds. The number of aliphatic carboxylic acids is 1. The van der Waals surface area contributed by atoms with E-state index in [4.69, 9.17) is 4.74 Å². The van der Waals surface area contributed by atoms with Gasteiger partial charge in [-0.25, -0.2) is 0 Å². The first-order valence-electron chi connectivity index (χ1n) is 7.32. The fourth-order valence-electron chi connectivity index (χ4n) is 2.84. The zero-order valence-corrected chi connectivity index (χ0v) is 12.2. The first kappa shape index (κ1) is 15.5. The summed E-state index contributed by atoms with van der Waals surface area (Å²) in [6.45, 7) is 3.26. The number of hydrogen-bond donors (Lipinski definition) is 1. The topological polar surface area (TPSA) is 66.8 Å². The van der Waals surface area contributed by atoms with Crippen LogP contribution in [-0.2, 0) is 14.3 Å². The van der Waals surface area contributed by atoms with Gasteiger partial charge in [-0.2, -0.15) is 0 Å². The predicted octanol–water partition coefficient (Wildman–Crippen LogP) is 2.09. The molecule has 1 saturated heterocycles. The molecule has 2 atom stereocenters. The van der Waals surface area contributed by atoms with Crippen LogP contribution in [0.3, 0.4) is 0 Å². The van der Waals surface area contributed by atoms with E-state index in [9.17, 15) is 14.7 Å². The fraction of sp³-hybridized carbons (Fsp3) is 0.500. The Labute approximate surface area is 124 Å². The zero-order valence-electron chi connectivity index (χ0n) is 12.2. The maximum absolute atomic E-state index is 11.9. The molecular weight excluding hydrogens is 270 g/mol. The fourth-order valence-corrected chi connectivity index (χ4v) is 2.84. The molecular formula is C16H21NO4. The lowest BCUT2D eigenvalue weighted by atomic mass is 9.95. The van der Waals surface area contributed by atoms with Crippen LogP contribution in [-0.4, -0.2) is 41.6 Å². The number of hydrogen-bond acceptors (Lipinski definition) is 4. The molecule has 21 heavy (non-hydrogen) atoms. The lowest BCUT2D eigenvalue weighted by Gasteiger charge is -2.35. The number of ether oxygens (including phenoxy) is 1. The zero-order chi connectivity index (χ0) is 15.2. The number of carbonyl (C=O) groups excluding carboxylic acids is 1. The average Bonchev–Trinajstić information content (AvgIpc) is 2.49. The molecule has 2 unspecified atom stereocenters. The molecule has 1 aliphatic heterocycles. The van der Waals surface area contributed by atoms with Crippen molar-refractivity contribution < 1.29 is 19.4 Å². The highest BCUT2D eigenvalue weighted by molar-refractivity contribution is 5.76. The summed E-state index contributed by atoms with van der Waals surface area (Å²) in [5.41, 5.74) is 0.745. The number of carboxylic acids is 1. The van der Waals surface area contributed by atoms with Gasteiger partial charge in [0, 0.05) is 6.54 Å². The van der Waals surface area contributed by atoms with E-state index in [1.807, 2.05) is 35.2 Å². The van der Waals surface area contributed by atoms with Crippen molar-refractivity contribution in [1.29, 1.82) is 0 Å². The Kier molecular flexibility index (Phi) is 5.33. The minimum absolute atomic E-state index is 0.223. The van der Waals surface area contributed by atoms with Gasteiger partial charge in [-0.15, -0.1) is 0 Å². The summed E-state index contributed by atoms with van der Waals surface area (Å²) in [5, 5.41) is 9.55. The lowest BCUT2D eigenvalue weighted by Crippen LogP contribution is -2.43. The van der Waals surface area contributed by atoms with Crippen molar-refractivity contribution >= 4 is 11.9 Å². The van der Waals surface area contributed by atoms with E-state index in [-0.39, 0.29) is 11.9 Å². The average molecular weight is 291 g/mol. The van der Waals surface area contributed by atoms with Crippen molar-refractivity contribution in [3.63, 3.8) is 0 Å². The molecule has 0 aromatic heterocycles. The van der Waals surface area contributed by atoms with Crippen molar-refractivity contribution in [3.05, 3.63) is 35.9 Å². The highest BCUT2D eigenvalue weighted by Crippen LogP contribution is 2.27. The summed E-state index contributed by atoms with van der Waals surface area (Å²) in [4.78, 5) is 25.4. The summed E-state index contributed by atoms with van der Waals surface area (Å²) in [6.07, 6.45) is 1.57. The SMILES string of the molecule is CCOC(=O)C1CCCN(C(C(=O)O)c2ccccc2)C1. The van der Waals surface area contributed by atoms with Gasteiger partial charge < -0.3 is 9.84 Å². The van der Waals surface area contributed by atoms with Gasteiger partial charge in [0.15, 0.2) is 0 Å². The van der Waals surface area contributed by atoms with E-state index in [1.54, 1.807) is 6.92 Å². The van der Waals surface area contributed by atoms with Gasteiger partial charge in [0.1, 0.15) is 6.04 Å². The number of piperidine rings is 1. The molecule has 0 saturated carbocycles. The van der Waals surface area contributed by atoms with Crippen LogP contribution in [0.25, 0.3) is 0 Å². The van der Waals surface area contributed by atoms with Gasteiger partial charge in [0.05, 0.1) is 12.5 Å². The monoisotopic (exact) mass is 291 g/mol. The van der Waals surface area contributed by atoms with Crippen LogP contribution in [0.2, 0.25) is 0 Å². The van der Waals surface area contributed by atoms with Crippen molar-refractivity contribution in [1.82, 2.24) is 4.90 Å². The largest absolute Gasteiger partial charge is 0.480 e. The third-order valence-corrected chi connectivity index (χ3v) is 3.79. The highest BCUT2D eigenvalue weighted by atomic mass is 16.5. The minimum Gasteiger partial charge on any atom is -0.480 e. The maximum Gasteiger partial charge on any atom is 0.325 e. The molecule has 1 aromatic carbocycles. The number of benzene rings is 1.